The zero-order chi connectivity index (χ0) is 10.3. The molecule has 0 spiro atoms. The summed E-state index contributed by atoms with van der Waals surface area (Å²) in [6.07, 6.45) is 4.49. The van der Waals surface area contributed by atoms with Gasteiger partial charge in [-0.1, -0.05) is 35.4 Å². The van der Waals surface area contributed by atoms with Crippen LogP contribution in [0.15, 0.2) is 11.4 Å². The predicted molar refractivity (Wildman–Crippen MR) is 63.4 cm³/mol. The Bertz CT molecular complexity index is 159. The summed E-state index contributed by atoms with van der Waals surface area (Å²) in [4.78, 5) is 0. The number of hydrogen-bond donors (Lipinski definition) is 2. The number of hydrogen-bond acceptors (Lipinski definition) is 2. The first-order chi connectivity index (χ1) is 6.02. The first-order valence-corrected chi connectivity index (χ1v) is 6.07. The van der Waals surface area contributed by atoms with Crippen LogP contribution < -0.4 is 11.5 Å². The van der Waals surface area contributed by atoms with Crippen LogP contribution in [0.4, 0.5) is 0 Å². The molecule has 0 aromatic heterocycles. The van der Waals surface area contributed by atoms with E-state index in [0.29, 0.717) is 6.54 Å². The first kappa shape index (κ1) is 13.1. The third-order valence-corrected chi connectivity index (χ3v) is 3.76. The van der Waals surface area contributed by atoms with Crippen molar-refractivity contribution in [3.8, 4) is 0 Å². The van der Waals surface area contributed by atoms with Crippen molar-refractivity contribution >= 4 is 8.58 Å². The molecule has 0 heterocycles. The molecule has 0 saturated carbocycles. The first-order valence-electron chi connectivity index (χ1n) is 4.87. The molecule has 78 valence electrons. The summed E-state index contributed by atoms with van der Waals surface area (Å²) in [5, 5.41) is 1.49. The molecule has 1 unspecified atom stereocenters. The van der Waals surface area contributed by atoms with Gasteiger partial charge in [-0.2, -0.15) is 0 Å². The largest absolute Gasteiger partial charge is 0.330 e. The molecule has 2 nitrogen and oxygen atoms in total. The lowest BCUT2D eigenvalue weighted by molar-refractivity contribution is 0.530. The van der Waals surface area contributed by atoms with Gasteiger partial charge in [0.1, 0.15) is 0 Å². The highest BCUT2D eigenvalue weighted by Crippen LogP contribution is 2.38. The van der Waals surface area contributed by atoms with Crippen LogP contribution in [0.3, 0.4) is 0 Å². The average Bonchev–Trinajstić information content (AvgIpc) is 2.01. The summed E-state index contributed by atoms with van der Waals surface area (Å²) in [6, 6.07) is 0. The van der Waals surface area contributed by atoms with Crippen LogP contribution in [0.1, 0.15) is 27.2 Å². The van der Waals surface area contributed by atoms with Crippen molar-refractivity contribution in [3.63, 3.8) is 0 Å². The topological polar surface area (TPSA) is 52.0 Å². The van der Waals surface area contributed by atoms with Crippen molar-refractivity contribution in [2.45, 2.75) is 27.2 Å². The van der Waals surface area contributed by atoms with Crippen molar-refractivity contribution in [1.29, 1.82) is 0 Å². The maximum absolute atomic E-state index is 5.53. The van der Waals surface area contributed by atoms with Gasteiger partial charge in [0.2, 0.25) is 0 Å². The maximum atomic E-state index is 5.53. The lowest BCUT2D eigenvalue weighted by Crippen LogP contribution is -2.09. The molecule has 0 aromatic carbocycles. The van der Waals surface area contributed by atoms with Gasteiger partial charge in [-0.25, -0.2) is 0 Å². The fraction of sp³-hybridized carbons (Fsp3) is 0.800. The molecule has 0 aliphatic heterocycles. The fourth-order valence-electron chi connectivity index (χ4n) is 1.09. The molecule has 0 amide bonds. The maximum Gasteiger partial charge on any atom is 0.0113 e. The summed E-state index contributed by atoms with van der Waals surface area (Å²) in [7, 11) is 0.889. The minimum atomic E-state index is 0.270. The van der Waals surface area contributed by atoms with Crippen LogP contribution in [0.5, 0.6) is 0 Å². The third kappa shape index (κ3) is 6.20. The van der Waals surface area contributed by atoms with Gasteiger partial charge in [0.05, 0.1) is 0 Å². The lowest BCUT2D eigenvalue weighted by atomic mass is 9.96. The van der Waals surface area contributed by atoms with Crippen LogP contribution in [-0.2, 0) is 0 Å². The van der Waals surface area contributed by atoms with Crippen LogP contribution >= 0.6 is 8.58 Å². The second kappa shape index (κ2) is 6.53. The monoisotopic (exact) mass is 202 g/mol. The Labute approximate surface area is 83.9 Å². The Balaban J connectivity index is 4.05. The lowest BCUT2D eigenvalue weighted by Gasteiger charge is -2.23. The van der Waals surface area contributed by atoms with Crippen molar-refractivity contribution in [2.75, 3.05) is 19.3 Å². The summed E-state index contributed by atoms with van der Waals surface area (Å²) in [5.74, 6) is 0. The molecule has 0 aliphatic rings. The van der Waals surface area contributed by atoms with Crippen molar-refractivity contribution in [3.05, 3.63) is 11.4 Å². The quantitative estimate of drug-likeness (QED) is 0.528. The highest BCUT2D eigenvalue weighted by atomic mass is 31.1. The molecule has 4 N–H and O–H groups in total. The molecular formula is C10H23N2P. The van der Waals surface area contributed by atoms with Crippen LogP contribution in [0, 0.1) is 5.41 Å². The Kier molecular flexibility index (Phi) is 6.58. The molecule has 0 aromatic rings. The van der Waals surface area contributed by atoms with E-state index < -0.39 is 0 Å². The van der Waals surface area contributed by atoms with E-state index in [1.165, 1.54) is 11.5 Å². The van der Waals surface area contributed by atoms with Gasteiger partial charge in [0.25, 0.3) is 0 Å². The summed E-state index contributed by atoms with van der Waals surface area (Å²) in [6.45, 7) is 8.17. The Morgan fingerprint density at radius 3 is 2.31 bits per heavy atom. The van der Waals surface area contributed by atoms with E-state index >= 15 is 0 Å². The van der Waals surface area contributed by atoms with E-state index in [4.69, 9.17) is 11.5 Å². The highest BCUT2D eigenvalue weighted by Gasteiger charge is 2.15. The molecule has 1 atom stereocenters. The van der Waals surface area contributed by atoms with Gasteiger partial charge < -0.3 is 11.5 Å². The number of nitrogens with two attached hydrogens (primary N) is 2. The van der Waals surface area contributed by atoms with Gasteiger partial charge >= 0.3 is 0 Å². The number of rotatable bonds is 5. The molecule has 0 saturated heterocycles. The SMILES string of the molecule is CC(C)(C)/C(=C/CN)PCCCN. The standard InChI is InChI=1S/C10H23N2P/c1-10(2,3)9(5-7-12)13-8-4-6-11/h5,13H,4,6-8,11-12H2,1-3H3/b9-5-. The van der Waals surface area contributed by atoms with Crippen LogP contribution in [0.2, 0.25) is 0 Å². The van der Waals surface area contributed by atoms with Crippen molar-refractivity contribution < 1.29 is 0 Å². The van der Waals surface area contributed by atoms with Crippen LogP contribution in [0.25, 0.3) is 0 Å². The normalized spacial score (nSPS) is 14.4. The Morgan fingerprint density at radius 1 is 1.31 bits per heavy atom. The molecule has 0 aliphatic carbocycles. The van der Waals surface area contributed by atoms with Crippen molar-refractivity contribution in [2.24, 2.45) is 16.9 Å². The van der Waals surface area contributed by atoms with Crippen LogP contribution in [-0.4, -0.2) is 19.3 Å². The predicted octanol–water partition coefficient (Wildman–Crippen LogP) is 1.90. The minimum Gasteiger partial charge on any atom is -0.330 e. The Morgan fingerprint density at radius 2 is 1.92 bits per heavy atom. The molecule has 0 radical (unpaired) electrons. The second-order valence-corrected chi connectivity index (χ2v) is 5.56. The summed E-state index contributed by atoms with van der Waals surface area (Å²) in [5.41, 5.74) is 11.3. The zero-order valence-electron chi connectivity index (χ0n) is 9.06. The molecule has 0 bridgehead atoms. The van der Waals surface area contributed by atoms with E-state index in [-0.39, 0.29) is 5.41 Å². The van der Waals surface area contributed by atoms with E-state index in [1.54, 1.807) is 0 Å². The van der Waals surface area contributed by atoms with E-state index in [1.807, 2.05) is 0 Å². The van der Waals surface area contributed by atoms with Gasteiger partial charge in [-0.15, -0.1) is 0 Å². The summed E-state index contributed by atoms with van der Waals surface area (Å²) < 4.78 is 0. The molecule has 0 rings (SSSR count). The van der Waals surface area contributed by atoms with Crippen molar-refractivity contribution in [1.82, 2.24) is 0 Å². The van der Waals surface area contributed by atoms with E-state index in [0.717, 1.165) is 21.5 Å². The van der Waals surface area contributed by atoms with Gasteiger partial charge in [0.15, 0.2) is 0 Å². The highest BCUT2D eigenvalue weighted by molar-refractivity contribution is 7.43. The van der Waals surface area contributed by atoms with E-state index in [9.17, 15) is 0 Å². The van der Waals surface area contributed by atoms with Gasteiger partial charge in [0, 0.05) is 6.54 Å². The smallest absolute Gasteiger partial charge is 0.0113 e. The van der Waals surface area contributed by atoms with Gasteiger partial charge in [-0.05, 0) is 29.9 Å². The molecule has 13 heavy (non-hydrogen) atoms. The molecular weight excluding hydrogens is 179 g/mol. The molecule has 0 fully saturated rings. The third-order valence-electron chi connectivity index (χ3n) is 1.83. The molecule has 3 heteroatoms. The van der Waals surface area contributed by atoms with E-state index in [2.05, 4.69) is 26.8 Å². The van der Waals surface area contributed by atoms with Gasteiger partial charge in [-0.3, -0.25) is 0 Å². The summed E-state index contributed by atoms with van der Waals surface area (Å²) >= 11 is 0. The number of allylic oxidation sites excluding steroid dienone is 1. The minimum absolute atomic E-state index is 0.270. The average molecular weight is 202 g/mol. The second-order valence-electron chi connectivity index (χ2n) is 4.17. The zero-order valence-corrected chi connectivity index (χ0v) is 10.1. The Hall–Kier alpha value is 0.0900. The fourth-order valence-corrected chi connectivity index (χ4v) is 2.53.